The molecule has 1 N–H and O–H groups in total. The summed E-state index contributed by atoms with van der Waals surface area (Å²) in [4.78, 5) is 24.0. The molecule has 0 spiro atoms. The fraction of sp³-hybridized carbons (Fsp3) is 0.800. The third kappa shape index (κ3) is 5.72. The third-order valence-corrected chi connectivity index (χ3v) is 6.45. The van der Waals surface area contributed by atoms with Gasteiger partial charge in [0.25, 0.3) is 5.24 Å². The Kier molecular flexibility index (Phi) is 7.61. The van der Waals surface area contributed by atoms with Crippen LogP contribution in [0, 0.1) is 0 Å². The van der Waals surface area contributed by atoms with Gasteiger partial charge in [-0.25, -0.2) is 0 Å². The minimum absolute atomic E-state index is 0.0440. The van der Waals surface area contributed by atoms with Crippen molar-refractivity contribution in [3.05, 3.63) is 12.2 Å². The highest BCUT2D eigenvalue weighted by atomic mass is 32.2. The van der Waals surface area contributed by atoms with Crippen LogP contribution in [0.15, 0.2) is 12.2 Å². The average molecular weight is 398 g/mol. The molecule has 0 aromatic heterocycles. The quantitative estimate of drug-likeness (QED) is 0.562. The number of methoxy groups -OCH3 is 1. The lowest BCUT2D eigenvalue weighted by Gasteiger charge is -2.46. The van der Waals surface area contributed by atoms with Gasteiger partial charge < -0.3 is 19.5 Å². The van der Waals surface area contributed by atoms with Crippen LogP contribution in [0.4, 0.5) is 4.79 Å². The van der Waals surface area contributed by atoms with Gasteiger partial charge in [0.05, 0.1) is 12.1 Å². The predicted molar refractivity (Wildman–Crippen MR) is 105 cm³/mol. The van der Waals surface area contributed by atoms with Crippen molar-refractivity contribution in [1.82, 2.24) is 5.32 Å². The molecule has 2 saturated heterocycles. The first-order valence-corrected chi connectivity index (χ1v) is 11.1. The topological polar surface area (TPSA) is 73.9 Å². The van der Waals surface area contributed by atoms with E-state index in [4.69, 9.17) is 14.2 Å². The Bertz CT molecular complexity index is 554. The second-order valence-corrected chi connectivity index (χ2v) is 8.60. The highest BCUT2D eigenvalue weighted by Gasteiger charge is 2.51. The normalized spacial score (nSPS) is 37.6. The van der Waals surface area contributed by atoms with Gasteiger partial charge >= 0.3 is 5.97 Å². The molecule has 0 aromatic rings. The first kappa shape index (κ1) is 20.7. The molecule has 2 fully saturated rings. The Hall–Kier alpha value is -1.05. The van der Waals surface area contributed by atoms with Crippen molar-refractivity contribution in [2.75, 3.05) is 12.9 Å². The molecule has 7 heteroatoms. The first-order valence-electron chi connectivity index (χ1n) is 10.1. The Morgan fingerprint density at radius 2 is 1.96 bits per heavy atom. The summed E-state index contributed by atoms with van der Waals surface area (Å²) in [5, 5.41) is 2.89. The number of nitrogens with one attached hydrogen (secondary N) is 1. The van der Waals surface area contributed by atoms with E-state index in [1.54, 1.807) is 7.11 Å². The van der Waals surface area contributed by atoms with E-state index in [1.165, 1.54) is 11.8 Å². The maximum absolute atomic E-state index is 12.3. The number of thioether (sulfide) groups is 1. The molecule has 27 heavy (non-hydrogen) atoms. The van der Waals surface area contributed by atoms with Gasteiger partial charge in [0.1, 0.15) is 6.10 Å². The molecule has 0 aliphatic carbocycles. The second kappa shape index (κ2) is 9.94. The zero-order valence-corrected chi connectivity index (χ0v) is 16.9. The van der Waals surface area contributed by atoms with Crippen LogP contribution in [0.1, 0.15) is 64.2 Å². The average Bonchev–Trinajstić information content (AvgIpc) is 3.09. The molecule has 1 amide bonds. The maximum atomic E-state index is 12.3. The number of fused-ring (bicyclic) bond motifs is 2. The maximum Gasteiger partial charge on any atom is 0.306 e. The standard InChI is InChI=1S/C20H31NO5S/c1-24-20(17-14-27-19(23)21-17)13-16-12-15(26-20)10-8-6-4-2-3-5-7-9-11-18(22)25-16/h2,4,15-17H,3,5-14H2,1H3,(H,21,23)/b4-2+/t15-,16?,17?,20?/m1/s1. The number of carbonyl (C=O) groups is 2. The summed E-state index contributed by atoms with van der Waals surface area (Å²) >= 11 is 1.24. The lowest BCUT2D eigenvalue weighted by Crippen LogP contribution is -2.59. The van der Waals surface area contributed by atoms with Crippen LogP contribution in [0.5, 0.6) is 0 Å². The lowest BCUT2D eigenvalue weighted by molar-refractivity contribution is -0.296. The van der Waals surface area contributed by atoms with E-state index < -0.39 is 5.79 Å². The van der Waals surface area contributed by atoms with Crippen molar-refractivity contribution >= 4 is 23.0 Å². The van der Waals surface area contributed by atoms with Crippen LogP contribution in [0.3, 0.4) is 0 Å². The smallest absolute Gasteiger partial charge is 0.306 e. The lowest BCUT2D eigenvalue weighted by atomic mass is 9.91. The summed E-state index contributed by atoms with van der Waals surface area (Å²) in [6.45, 7) is 0. The monoisotopic (exact) mass is 397 g/mol. The van der Waals surface area contributed by atoms with Gasteiger partial charge in [0, 0.05) is 32.1 Å². The van der Waals surface area contributed by atoms with Crippen molar-refractivity contribution < 1.29 is 23.8 Å². The zero-order valence-electron chi connectivity index (χ0n) is 16.1. The number of hydrogen-bond donors (Lipinski definition) is 1. The molecule has 0 radical (unpaired) electrons. The van der Waals surface area contributed by atoms with Gasteiger partial charge in [-0.2, -0.15) is 0 Å². The zero-order chi connectivity index (χ0) is 19.1. The van der Waals surface area contributed by atoms with E-state index in [0.717, 1.165) is 44.9 Å². The molecular weight excluding hydrogens is 366 g/mol. The number of hydrogen-bond acceptors (Lipinski definition) is 6. The van der Waals surface area contributed by atoms with Crippen LogP contribution >= 0.6 is 11.8 Å². The molecule has 4 atom stereocenters. The molecule has 3 aliphatic heterocycles. The van der Waals surface area contributed by atoms with Gasteiger partial charge in [-0.1, -0.05) is 30.3 Å². The molecule has 3 heterocycles. The summed E-state index contributed by atoms with van der Waals surface area (Å²) in [5.74, 6) is -0.472. The van der Waals surface area contributed by atoms with Crippen molar-refractivity contribution in [2.24, 2.45) is 0 Å². The minimum atomic E-state index is -0.934. The summed E-state index contributed by atoms with van der Waals surface area (Å²) < 4.78 is 18.0. The Morgan fingerprint density at radius 3 is 2.70 bits per heavy atom. The molecule has 6 nitrogen and oxygen atoms in total. The molecule has 3 unspecified atom stereocenters. The summed E-state index contributed by atoms with van der Waals surface area (Å²) in [6, 6.07) is -0.231. The van der Waals surface area contributed by atoms with E-state index in [1.807, 2.05) is 0 Å². The van der Waals surface area contributed by atoms with Crippen LogP contribution in [-0.4, -0.2) is 48.1 Å². The number of rotatable bonds is 2. The molecule has 0 aromatic carbocycles. The third-order valence-electron chi connectivity index (χ3n) is 5.57. The van der Waals surface area contributed by atoms with Gasteiger partial charge in [-0.05, 0) is 38.5 Å². The first-order chi connectivity index (χ1) is 13.1. The molecule has 3 aliphatic rings. The predicted octanol–water partition coefficient (Wildman–Crippen LogP) is 3.94. The van der Waals surface area contributed by atoms with Crippen molar-refractivity contribution in [1.29, 1.82) is 0 Å². The largest absolute Gasteiger partial charge is 0.462 e. The molecular formula is C20H31NO5S. The molecule has 3 rings (SSSR count). The van der Waals surface area contributed by atoms with Crippen LogP contribution in [0.2, 0.25) is 0 Å². The number of allylic oxidation sites excluding steroid dienone is 2. The van der Waals surface area contributed by atoms with E-state index in [2.05, 4.69) is 17.5 Å². The summed E-state index contributed by atoms with van der Waals surface area (Å²) in [7, 11) is 1.61. The fourth-order valence-corrected chi connectivity index (χ4v) is 4.99. The van der Waals surface area contributed by atoms with Crippen LogP contribution in [-0.2, 0) is 19.0 Å². The fourth-order valence-electron chi connectivity index (χ4n) is 4.11. The van der Waals surface area contributed by atoms with E-state index in [9.17, 15) is 9.59 Å². The summed E-state index contributed by atoms with van der Waals surface area (Å²) in [5.41, 5.74) is 0. The second-order valence-electron chi connectivity index (χ2n) is 7.60. The molecule has 2 bridgehead atoms. The highest BCUT2D eigenvalue weighted by molar-refractivity contribution is 8.14. The summed E-state index contributed by atoms with van der Waals surface area (Å²) in [6.07, 6.45) is 12.9. The SMILES string of the molecule is COC1(C2CSC(=O)N2)CC2C[C@@H](CCC/C=C/CCCCCC(=O)O2)O1. The van der Waals surface area contributed by atoms with E-state index >= 15 is 0 Å². The Morgan fingerprint density at radius 1 is 1.15 bits per heavy atom. The number of esters is 1. The molecule has 152 valence electrons. The number of carbonyl (C=O) groups excluding carboxylic acids is 2. The van der Waals surface area contributed by atoms with Gasteiger partial charge in [0.2, 0.25) is 0 Å². The number of ether oxygens (including phenoxy) is 3. The van der Waals surface area contributed by atoms with Gasteiger partial charge in [-0.3, -0.25) is 9.59 Å². The molecule has 0 saturated carbocycles. The Balaban J connectivity index is 1.73. The van der Waals surface area contributed by atoms with Crippen molar-refractivity contribution in [2.45, 2.75) is 88.2 Å². The van der Waals surface area contributed by atoms with E-state index in [0.29, 0.717) is 25.0 Å². The van der Waals surface area contributed by atoms with Gasteiger partial charge in [-0.15, -0.1) is 0 Å². The van der Waals surface area contributed by atoms with Crippen LogP contribution in [0.25, 0.3) is 0 Å². The number of amides is 1. The van der Waals surface area contributed by atoms with Gasteiger partial charge in [0.15, 0.2) is 5.79 Å². The van der Waals surface area contributed by atoms with Crippen molar-refractivity contribution in [3.8, 4) is 0 Å². The minimum Gasteiger partial charge on any atom is -0.462 e. The Labute approximate surface area is 165 Å². The van der Waals surface area contributed by atoms with E-state index in [-0.39, 0.29) is 29.5 Å². The van der Waals surface area contributed by atoms with Crippen LogP contribution < -0.4 is 5.32 Å². The highest BCUT2D eigenvalue weighted by Crippen LogP contribution is 2.39. The van der Waals surface area contributed by atoms with Crippen molar-refractivity contribution in [3.63, 3.8) is 0 Å².